The van der Waals surface area contributed by atoms with Crippen molar-refractivity contribution < 1.29 is 4.79 Å². The molecule has 0 aliphatic carbocycles. The lowest BCUT2D eigenvalue weighted by Gasteiger charge is -2.20. The number of carbonyl (C=O) groups excluding carboxylic acids is 1. The number of aromatic nitrogens is 2. The molecule has 0 aromatic carbocycles. The number of hydrogen-bond acceptors (Lipinski definition) is 5. The summed E-state index contributed by atoms with van der Waals surface area (Å²) < 4.78 is 0. The van der Waals surface area contributed by atoms with Crippen LogP contribution < -0.4 is 5.32 Å². The molecule has 0 spiro atoms. The van der Waals surface area contributed by atoms with Crippen molar-refractivity contribution in [1.82, 2.24) is 14.9 Å². The average Bonchev–Trinajstić information content (AvgIpc) is 2.43. The van der Waals surface area contributed by atoms with Crippen LogP contribution in [0.3, 0.4) is 0 Å². The van der Waals surface area contributed by atoms with Crippen LogP contribution in [0.1, 0.15) is 49.8 Å². The minimum Gasteiger partial charge on any atom is -0.367 e. The van der Waals surface area contributed by atoms with Crippen molar-refractivity contribution in [3.63, 3.8) is 0 Å². The maximum absolute atomic E-state index is 11.1. The zero-order chi connectivity index (χ0) is 15.8. The number of anilines is 1. The fourth-order valence-corrected chi connectivity index (χ4v) is 2.48. The number of halogens is 1. The monoisotopic (exact) mass is 312 g/mol. The van der Waals surface area contributed by atoms with Crippen LogP contribution in [0.15, 0.2) is 0 Å². The summed E-state index contributed by atoms with van der Waals surface area (Å²) in [6.45, 7) is 11.4. The SMILES string of the molecule is CCN(CC)CCCC(C)Nc1nc(C)nc(Cl)c1C=O. The molecule has 1 aromatic heterocycles. The fraction of sp³-hybridized carbons (Fsp3) is 0.667. The van der Waals surface area contributed by atoms with Crippen molar-refractivity contribution >= 4 is 23.7 Å². The number of rotatable bonds is 9. The van der Waals surface area contributed by atoms with E-state index in [0.717, 1.165) is 32.5 Å². The van der Waals surface area contributed by atoms with Crippen LogP contribution in [0.4, 0.5) is 5.82 Å². The van der Waals surface area contributed by atoms with Crippen LogP contribution in [0, 0.1) is 6.92 Å². The van der Waals surface area contributed by atoms with Crippen molar-refractivity contribution in [2.75, 3.05) is 25.0 Å². The molecule has 0 saturated carbocycles. The minimum absolute atomic E-state index is 0.204. The summed E-state index contributed by atoms with van der Waals surface area (Å²) in [5.74, 6) is 1.08. The van der Waals surface area contributed by atoms with Crippen LogP contribution in [-0.2, 0) is 0 Å². The lowest BCUT2D eigenvalue weighted by atomic mass is 10.1. The minimum atomic E-state index is 0.204. The van der Waals surface area contributed by atoms with Crippen LogP contribution in [0.5, 0.6) is 0 Å². The number of aldehydes is 1. The number of nitrogens with one attached hydrogen (secondary N) is 1. The highest BCUT2D eigenvalue weighted by Gasteiger charge is 2.13. The number of carbonyl (C=O) groups is 1. The highest BCUT2D eigenvalue weighted by atomic mass is 35.5. The second-order valence-corrected chi connectivity index (χ2v) is 5.51. The summed E-state index contributed by atoms with van der Waals surface area (Å²) in [5, 5.41) is 3.47. The van der Waals surface area contributed by atoms with Crippen molar-refractivity contribution in [3.05, 3.63) is 16.5 Å². The quantitative estimate of drug-likeness (QED) is 0.560. The molecular formula is C15H25ClN4O. The van der Waals surface area contributed by atoms with Gasteiger partial charge < -0.3 is 10.2 Å². The third-order valence-corrected chi connectivity index (χ3v) is 3.81. The average molecular weight is 313 g/mol. The van der Waals surface area contributed by atoms with E-state index in [9.17, 15) is 4.79 Å². The number of hydrogen-bond donors (Lipinski definition) is 1. The molecule has 6 heteroatoms. The van der Waals surface area contributed by atoms with E-state index in [1.165, 1.54) is 0 Å². The van der Waals surface area contributed by atoms with E-state index in [-0.39, 0.29) is 11.2 Å². The molecule has 1 rings (SSSR count). The van der Waals surface area contributed by atoms with E-state index in [1.807, 2.05) is 0 Å². The van der Waals surface area contributed by atoms with E-state index in [1.54, 1.807) is 6.92 Å². The first-order valence-corrected chi connectivity index (χ1v) is 7.87. The molecule has 0 aliphatic heterocycles. The zero-order valence-electron chi connectivity index (χ0n) is 13.3. The molecule has 1 atom stereocenters. The standard InChI is InChI=1S/C15H25ClN4O/c1-5-20(6-2)9-7-8-11(3)17-15-13(10-21)14(16)18-12(4)19-15/h10-11H,5-9H2,1-4H3,(H,17,18,19). The molecule has 0 aliphatic rings. The van der Waals surface area contributed by atoms with Gasteiger partial charge in [0.1, 0.15) is 16.8 Å². The third kappa shape index (κ3) is 5.59. The Balaban J connectivity index is 2.58. The molecule has 1 unspecified atom stereocenters. The van der Waals surface area contributed by atoms with Crippen LogP contribution in [0.2, 0.25) is 5.15 Å². The smallest absolute Gasteiger partial charge is 0.156 e. The normalized spacial score (nSPS) is 12.5. The zero-order valence-corrected chi connectivity index (χ0v) is 14.1. The van der Waals surface area contributed by atoms with Crippen molar-refractivity contribution in [1.29, 1.82) is 0 Å². The highest BCUT2D eigenvalue weighted by molar-refractivity contribution is 6.32. The first-order valence-electron chi connectivity index (χ1n) is 7.49. The van der Waals surface area contributed by atoms with E-state index >= 15 is 0 Å². The Bertz CT molecular complexity index is 463. The van der Waals surface area contributed by atoms with Gasteiger partial charge in [-0.1, -0.05) is 25.4 Å². The topological polar surface area (TPSA) is 58.1 Å². The summed E-state index contributed by atoms with van der Waals surface area (Å²) >= 11 is 5.97. The molecule has 0 fully saturated rings. The second kappa shape index (κ2) is 8.95. The summed E-state index contributed by atoms with van der Waals surface area (Å²) in [4.78, 5) is 21.8. The van der Waals surface area contributed by atoms with Gasteiger partial charge >= 0.3 is 0 Å². The van der Waals surface area contributed by atoms with Crippen LogP contribution in [-0.4, -0.2) is 46.8 Å². The van der Waals surface area contributed by atoms with Gasteiger partial charge in [-0.05, 0) is 46.3 Å². The Morgan fingerprint density at radius 2 is 2.00 bits per heavy atom. The molecule has 0 amide bonds. The lowest BCUT2D eigenvalue weighted by Crippen LogP contribution is -2.26. The summed E-state index contributed by atoms with van der Waals surface area (Å²) in [5.41, 5.74) is 0.331. The lowest BCUT2D eigenvalue weighted by molar-refractivity contribution is 0.112. The van der Waals surface area contributed by atoms with Crippen LogP contribution >= 0.6 is 11.6 Å². The van der Waals surface area contributed by atoms with Gasteiger partial charge in [0.15, 0.2) is 6.29 Å². The largest absolute Gasteiger partial charge is 0.367 e. The van der Waals surface area contributed by atoms with Crippen LogP contribution in [0.25, 0.3) is 0 Å². The predicted molar refractivity (Wildman–Crippen MR) is 87.3 cm³/mol. The van der Waals surface area contributed by atoms with E-state index in [2.05, 4.69) is 41.0 Å². The highest BCUT2D eigenvalue weighted by Crippen LogP contribution is 2.20. The maximum Gasteiger partial charge on any atom is 0.156 e. The fourth-order valence-electron chi connectivity index (χ4n) is 2.23. The molecule has 5 nitrogen and oxygen atoms in total. The predicted octanol–water partition coefficient (Wildman–Crippen LogP) is 3.17. The van der Waals surface area contributed by atoms with E-state index in [4.69, 9.17) is 11.6 Å². The van der Waals surface area contributed by atoms with Crippen molar-refractivity contribution in [2.24, 2.45) is 0 Å². The molecular weight excluding hydrogens is 288 g/mol. The maximum atomic E-state index is 11.1. The van der Waals surface area contributed by atoms with Gasteiger partial charge in [-0.2, -0.15) is 0 Å². The molecule has 1 aromatic rings. The molecule has 21 heavy (non-hydrogen) atoms. The summed E-state index contributed by atoms with van der Waals surface area (Å²) in [6, 6.07) is 0.227. The Kier molecular flexibility index (Phi) is 7.61. The van der Waals surface area contributed by atoms with Gasteiger partial charge in [-0.25, -0.2) is 9.97 Å². The van der Waals surface area contributed by atoms with Gasteiger partial charge in [0.2, 0.25) is 0 Å². The van der Waals surface area contributed by atoms with Gasteiger partial charge in [0.25, 0.3) is 0 Å². The number of aryl methyl sites for hydroxylation is 1. The van der Waals surface area contributed by atoms with Crippen molar-refractivity contribution in [3.8, 4) is 0 Å². The van der Waals surface area contributed by atoms with Gasteiger partial charge in [-0.3, -0.25) is 4.79 Å². The van der Waals surface area contributed by atoms with Gasteiger partial charge in [-0.15, -0.1) is 0 Å². The molecule has 0 bridgehead atoms. The Hall–Kier alpha value is -1.20. The van der Waals surface area contributed by atoms with E-state index < -0.39 is 0 Å². The van der Waals surface area contributed by atoms with Gasteiger partial charge in [0.05, 0.1) is 5.56 Å². The first-order chi connectivity index (χ1) is 10.0. The molecule has 1 N–H and O–H groups in total. The van der Waals surface area contributed by atoms with Crippen molar-refractivity contribution in [2.45, 2.75) is 46.6 Å². The molecule has 1 heterocycles. The molecule has 118 valence electrons. The Morgan fingerprint density at radius 3 is 2.57 bits per heavy atom. The Morgan fingerprint density at radius 1 is 1.33 bits per heavy atom. The Labute approximate surface area is 132 Å². The second-order valence-electron chi connectivity index (χ2n) is 5.16. The number of nitrogens with zero attached hydrogens (tertiary/aromatic N) is 3. The molecule has 0 radical (unpaired) electrons. The first kappa shape index (κ1) is 17.9. The molecule has 0 saturated heterocycles. The summed E-state index contributed by atoms with van der Waals surface area (Å²) in [7, 11) is 0. The third-order valence-electron chi connectivity index (χ3n) is 3.52. The van der Waals surface area contributed by atoms with E-state index in [0.29, 0.717) is 23.5 Å². The van der Waals surface area contributed by atoms with Gasteiger partial charge in [0, 0.05) is 6.04 Å². The summed E-state index contributed by atoms with van der Waals surface area (Å²) in [6.07, 6.45) is 2.81.